The Kier molecular flexibility index (Phi) is 11.3. The Bertz CT molecular complexity index is 1750. The number of rotatable bonds is 8. The lowest BCUT2D eigenvalue weighted by Gasteiger charge is -2.44. The summed E-state index contributed by atoms with van der Waals surface area (Å²) in [6.07, 6.45) is 2.12. The average Bonchev–Trinajstić information content (AvgIpc) is 3.02. The summed E-state index contributed by atoms with van der Waals surface area (Å²) in [7, 11) is 0. The molecule has 3 heterocycles. The molecule has 0 amide bonds. The van der Waals surface area contributed by atoms with Crippen molar-refractivity contribution in [2.75, 3.05) is 6.61 Å². The van der Waals surface area contributed by atoms with E-state index in [1.807, 2.05) is 30.3 Å². The summed E-state index contributed by atoms with van der Waals surface area (Å²) >= 11 is 1.03. The summed E-state index contributed by atoms with van der Waals surface area (Å²) in [6.45, 7) is 4.39. The highest BCUT2D eigenvalue weighted by Crippen LogP contribution is 2.43. The molecule has 2 aromatic heterocycles. The zero-order valence-electron chi connectivity index (χ0n) is 27.2. The van der Waals surface area contributed by atoms with Crippen LogP contribution in [0.5, 0.6) is 0 Å². The monoisotopic (exact) mass is 675 g/mol. The molecule has 0 saturated carbocycles. The zero-order chi connectivity index (χ0) is 34.4. The summed E-state index contributed by atoms with van der Waals surface area (Å²) < 4.78 is 28.4. The summed E-state index contributed by atoms with van der Waals surface area (Å²) in [5.74, 6) is -2.76. The summed E-state index contributed by atoms with van der Waals surface area (Å²) in [4.78, 5) is 58.3. The van der Waals surface area contributed by atoms with E-state index in [2.05, 4.69) is 11.1 Å². The van der Waals surface area contributed by atoms with Crippen LogP contribution in [0.3, 0.4) is 0 Å². The highest BCUT2D eigenvalue weighted by atomic mass is 32.2. The first-order valence-electron chi connectivity index (χ1n) is 15.8. The van der Waals surface area contributed by atoms with Crippen molar-refractivity contribution in [2.45, 2.75) is 101 Å². The minimum absolute atomic E-state index is 0.309. The minimum Gasteiger partial charge on any atom is -0.463 e. The number of nitrogens with zero attached hydrogens (tertiary/aromatic N) is 3. The zero-order valence-corrected chi connectivity index (χ0v) is 28.0. The third-order valence-electron chi connectivity index (χ3n) is 8.15. The van der Waals surface area contributed by atoms with E-state index in [0.717, 1.165) is 77.2 Å². The van der Waals surface area contributed by atoms with Crippen molar-refractivity contribution in [3.8, 4) is 17.2 Å². The maximum atomic E-state index is 12.4. The van der Waals surface area contributed by atoms with Gasteiger partial charge in [0.2, 0.25) is 0 Å². The number of carbonyl (C=O) groups is 4. The Morgan fingerprint density at radius 1 is 0.875 bits per heavy atom. The van der Waals surface area contributed by atoms with Crippen LogP contribution < -0.4 is 0 Å². The van der Waals surface area contributed by atoms with Gasteiger partial charge in [-0.3, -0.25) is 24.2 Å². The second-order valence-electron chi connectivity index (χ2n) is 11.7. The van der Waals surface area contributed by atoms with Crippen LogP contribution in [0.15, 0.2) is 41.6 Å². The second-order valence-corrected chi connectivity index (χ2v) is 12.8. The first kappa shape index (κ1) is 34.8. The normalized spacial score (nSPS) is 22.3. The molecule has 1 aromatic carbocycles. The molecule has 0 N–H and O–H groups in total. The highest BCUT2D eigenvalue weighted by Gasteiger charge is 2.53. The molecule has 48 heavy (non-hydrogen) atoms. The molecule has 2 aliphatic rings. The molecule has 1 saturated heterocycles. The minimum atomic E-state index is -1.33. The molecular weight excluding hydrogens is 638 g/mol. The number of esters is 4. The van der Waals surface area contributed by atoms with Gasteiger partial charge in [-0.2, -0.15) is 5.26 Å². The Hall–Kier alpha value is -4.54. The van der Waals surface area contributed by atoms with Crippen molar-refractivity contribution in [1.29, 1.82) is 5.26 Å². The van der Waals surface area contributed by atoms with Crippen molar-refractivity contribution >= 4 is 46.5 Å². The van der Waals surface area contributed by atoms with Crippen LogP contribution >= 0.6 is 11.8 Å². The van der Waals surface area contributed by atoms with E-state index in [9.17, 15) is 24.4 Å². The van der Waals surface area contributed by atoms with Gasteiger partial charge in [-0.05, 0) is 48.9 Å². The molecule has 252 valence electrons. The van der Waals surface area contributed by atoms with Crippen LogP contribution in [0.2, 0.25) is 0 Å². The number of para-hydroxylation sites is 1. The molecule has 5 rings (SSSR count). The van der Waals surface area contributed by atoms with E-state index in [1.165, 1.54) is 27.7 Å². The summed E-state index contributed by atoms with van der Waals surface area (Å²) in [5, 5.41) is 12.0. The first-order valence-corrected chi connectivity index (χ1v) is 16.7. The molecule has 0 unspecified atom stereocenters. The van der Waals surface area contributed by atoms with Gasteiger partial charge in [-0.15, -0.1) is 0 Å². The van der Waals surface area contributed by atoms with E-state index >= 15 is 0 Å². The molecule has 1 aliphatic heterocycles. The largest absolute Gasteiger partial charge is 0.463 e. The van der Waals surface area contributed by atoms with E-state index < -0.39 is 53.7 Å². The van der Waals surface area contributed by atoms with Gasteiger partial charge in [0, 0.05) is 50.5 Å². The van der Waals surface area contributed by atoms with Crippen molar-refractivity contribution < 1.29 is 42.9 Å². The second kappa shape index (κ2) is 15.6. The molecule has 5 atom stereocenters. The van der Waals surface area contributed by atoms with Gasteiger partial charge in [0.1, 0.15) is 23.8 Å². The molecular formula is C35H37N3O9S. The number of pyridine rings is 2. The molecule has 0 bridgehead atoms. The summed E-state index contributed by atoms with van der Waals surface area (Å²) in [6, 6.07) is 12.0. The molecule has 1 fully saturated rings. The number of aryl methyl sites for hydroxylation is 1. The maximum Gasteiger partial charge on any atom is 0.303 e. The Balaban J connectivity index is 1.68. The predicted octanol–water partition coefficient (Wildman–Crippen LogP) is 5.00. The van der Waals surface area contributed by atoms with Crippen molar-refractivity contribution in [1.82, 2.24) is 9.97 Å². The van der Waals surface area contributed by atoms with Gasteiger partial charge >= 0.3 is 23.9 Å². The van der Waals surface area contributed by atoms with Gasteiger partial charge in [0.15, 0.2) is 23.7 Å². The SMILES string of the molecule is CC(=O)OC[C@H]1O[C@@H](Sc2nc3c(c(-c4ccnc5ccccc45)c2C#N)CCCCCC3)[C@H](OC(C)=O)[C@@H](OC(C)=O)[C@@H]1OC(C)=O. The Morgan fingerprint density at radius 3 is 2.23 bits per heavy atom. The summed E-state index contributed by atoms with van der Waals surface area (Å²) in [5.41, 5.74) is 3.44. The number of aromatic nitrogens is 2. The standard InChI is InChI=1S/C35H37N3O9S/c1-19(39)43-18-29-31(44-20(2)40)32(45-21(3)41)33(46-22(4)42)35(47-29)48-34-26(17-36)30(25-12-7-5-6-8-14-28(25)38-34)24-15-16-37-27-13-10-9-11-23(24)27/h9-11,13,15-16,29,31-33,35H,5-8,12,14,18H2,1-4H3/t29-,31-,32+,33-,35+/m1/s1. The van der Waals surface area contributed by atoms with Gasteiger partial charge in [0.25, 0.3) is 0 Å². The number of thioether (sulfide) groups is 1. The number of carbonyl (C=O) groups excluding carboxylic acids is 4. The van der Waals surface area contributed by atoms with Crippen LogP contribution in [0.4, 0.5) is 0 Å². The third kappa shape index (κ3) is 7.94. The number of ether oxygens (including phenoxy) is 5. The fraction of sp³-hybridized carbons (Fsp3) is 0.457. The van der Waals surface area contributed by atoms with Crippen LogP contribution in [-0.4, -0.2) is 70.3 Å². The van der Waals surface area contributed by atoms with Gasteiger partial charge in [-0.25, -0.2) is 4.98 Å². The lowest BCUT2D eigenvalue weighted by Crippen LogP contribution is -2.61. The number of hydrogen-bond donors (Lipinski definition) is 0. The molecule has 3 aromatic rings. The number of benzene rings is 1. The van der Waals surface area contributed by atoms with Gasteiger partial charge in [0.05, 0.1) is 11.1 Å². The smallest absolute Gasteiger partial charge is 0.303 e. The quantitative estimate of drug-likeness (QED) is 0.232. The van der Waals surface area contributed by atoms with E-state index in [1.54, 1.807) is 6.20 Å². The number of nitriles is 1. The van der Waals surface area contributed by atoms with Crippen LogP contribution in [0.1, 0.15) is 70.2 Å². The molecule has 0 radical (unpaired) electrons. The van der Waals surface area contributed by atoms with Crippen LogP contribution in [0.25, 0.3) is 22.0 Å². The Morgan fingerprint density at radius 2 is 1.54 bits per heavy atom. The lowest BCUT2D eigenvalue weighted by molar-refractivity contribution is -0.237. The average molecular weight is 676 g/mol. The van der Waals surface area contributed by atoms with E-state index in [0.29, 0.717) is 17.0 Å². The number of hydrogen-bond acceptors (Lipinski definition) is 13. The van der Waals surface area contributed by atoms with Crippen molar-refractivity contribution in [3.05, 3.63) is 53.3 Å². The van der Waals surface area contributed by atoms with Gasteiger partial charge in [-0.1, -0.05) is 42.8 Å². The van der Waals surface area contributed by atoms with Crippen molar-refractivity contribution in [2.24, 2.45) is 0 Å². The lowest BCUT2D eigenvalue weighted by atomic mass is 9.87. The maximum absolute atomic E-state index is 12.4. The fourth-order valence-corrected chi connectivity index (χ4v) is 7.46. The van der Waals surface area contributed by atoms with E-state index in [-0.39, 0.29) is 6.61 Å². The van der Waals surface area contributed by atoms with E-state index in [4.69, 9.17) is 28.7 Å². The highest BCUT2D eigenvalue weighted by molar-refractivity contribution is 7.99. The molecule has 12 nitrogen and oxygen atoms in total. The Labute approximate surface area is 282 Å². The fourth-order valence-electron chi connectivity index (χ4n) is 6.27. The van der Waals surface area contributed by atoms with Crippen molar-refractivity contribution in [3.63, 3.8) is 0 Å². The first-order chi connectivity index (χ1) is 23.1. The predicted molar refractivity (Wildman–Crippen MR) is 173 cm³/mol. The van der Waals surface area contributed by atoms with Crippen LogP contribution in [0, 0.1) is 11.3 Å². The molecule has 13 heteroatoms. The molecule has 0 spiro atoms. The third-order valence-corrected chi connectivity index (χ3v) is 9.28. The van der Waals surface area contributed by atoms with Gasteiger partial charge < -0.3 is 23.7 Å². The van der Waals surface area contributed by atoms with Crippen LogP contribution in [-0.2, 0) is 55.7 Å². The molecule has 1 aliphatic carbocycles. The number of fused-ring (bicyclic) bond motifs is 2. The topological polar surface area (TPSA) is 164 Å².